The molecule has 0 aromatic heterocycles. The molecule has 0 radical (unpaired) electrons. The first kappa shape index (κ1) is 27.8. The van der Waals surface area contributed by atoms with Gasteiger partial charge in [0, 0.05) is 16.4 Å². The van der Waals surface area contributed by atoms with Crippen LogP contribution in [0.1, 0.15) is 35.0 Å². The van der Waals surface area contributed by atoms with Crippen LogP contribution in [-0.2, 0) is 0 Å². The van der Waals surface area contributed by atoms with Gasteiger partial charge in [0.05, 0.1) is 44.9 Å². The summed E-state index contributed by atoms with van der Waals surface area (Å²) in [7, 11) is 5.97. The molecule has 3 aromatic rings. The van der Waals surface area contributed by atoms with E-state index >= 15 is 0 Å². The maximum atomic E-state index is 13.5. The predicted molar refractivity (Wildman–Crippen MR) is 146 cm³/mol. The van der Waals surface area contributed by atoms with Crippen LogP contribution in [0.3, 0.4) is 0 Å². The summed E-state index contributed by atoms with van der Waals surface area (Å²) in [5.41, 5.74) is 2.92. The first-order chi connectivity index (χ1) is 17.7. The minimum atomic E-state index is -0.621. The van der Waals surface area contributed by atoms with Crippen molar-refractivity contribution in [3.05, 3.63) is 65.1 Å². The number of anilines is 1. The Hall–Kier alpha value is -3.76. The van der Waals surface area contributed by atoms with Gasteiger partial charge < -0.3 is 18.9 Å². The number of rotatable bonds is 11. The molecule has 1 unspecified atom stereocenters. The summed E-state index contributed by atoms with van der Waals surface area (Å²) in [6.45, 7) is 7.87. The lowest BCUT2D eigenvalue weighted by Crippen LogP contribution is -2.20. The van der Waals surface area contributed by atoms with Gasteiger partial charge in [-0.3, -0.25) is 15.5 Å². The largest absolute Gasteiger partial charge is 0.496 e. The van der Waals surface area contributed by atoms with Crippen LogP contribution in [0.5, 0.6) is 23.0 Å². The predicted octanol–water partition coefficient (Wildman–Crippen LogP) is 6.90. The number of nitrogens with zero attached hydrogens (tertiary/aromatic N) is 1. The lowest BCUT2D eigenvalue weighted by Gasteiger charge is -2.32. The summed E-state index contributed by atoms with van der Waals surface area (Å²) in [6, 6.07) is 9.68. The van der Waals surface area contributed by atoms with E-state index in [0.717, 1.165) is 11.8 Å². The number of methoxy groups -OCH3 is 4. The molecular formula is C27H30N2O7S. The maximum absolute atomic E-state index is 13.5. The lowest BCUT2D eigenvalue weighted by molar-refractivity contribution is 0.108. The second-order valence-corrected chi connectivity index (χ2v) is 9.75. The molecule has 0 aliphatic rings. The molecule has 3 rings (SSSR count). The van der Waals surface area contributed by atoms with Crippen LogP contribution >= 0.6 is 11.8 Å². The summed E-state index contributed by atoms with van der Waals surface area (Å²) in [5, 5.41) is 12.9. The van der Waals surface area contributed by atoms with E-state index in [-0.39, 0.29) is 10.8 Å². The SMILES string of the molecule is C=CC(C)(C)C(SC(=O)c1ccc(OC)c(OC)c1)c1cc(OC)c2c(NO)ccc(N=O)c2c1OC. The van der Waals surface area contributed by atoms with Gasteiger partial charge in [0.2, 0.25) is 5.12 Å². The summed E-state index contributed by atoms with van der Waals surface area (Å²) < 4.78 is 22.1. The zero-order chi connectivity index (χ0) is 27.3. The molecule has 0 bridgehead atoms. The van der Waals surface area contributed by atoms with Gasteiger partial charge in [-0.1, -0.05) is 31.7 Å². The quantitative estimate of drug-likeness (QED) is 0.156. The van der Waals surface area contributed by atoms with Crippen LogP contribution in [0, 0.1) is 10.3 Å². The number of nitroso groups, excluding NO2 is 1. The molecule has 0 aliphatic heterocycles. The van der Waals surface area contributed by atoms with Crippen LogP contribution in [-0.4, -0.2) is 38.8 Å². The topological polar surface area (TPSA) is 116 Å². The molecular weight excluding hydrogens is 496 g/mol. The molecule has 0 heterocycles. The highest BCUT2D eigenvalue weighted by molar-refractivity contribution is 8.14. The van der Waals surface area contributed by atoms with E-state index < -0.39 is 10.7 Å². The van der Waals surface area contributed by atoms with Crippen molar-refractivity contribution in [1.29, 1.82) is 0 Å². The molecule has 2 N–H and O–H groups in total. The number of ether oxygens (including phenoxy) is 4. The lowest BCUT2D eigenvalue weighted by atomic mass is 9.83. The number of fused-ring (bicyclic) bond motifs is 1. The van der Waals surface area contributed by atoms with Crippen molar-refractivity contribution in [3.8, 4) is 23.0 Å². The second-order valence-electron chi connectivity index (χ2n) is 8.67. The van der Waals surface area contributed by atoms with Crippen LogP contribution < -0.4 is 24.4 Å². The summed E-state index contributed by atoms with van der Waals surface area (Å²) in [5.74, 6) is 1.63. The molecule has 0 aliphatic carbocycles. The summed E-state index contributed by atoms with van der Waals surface area (Å²) in [6.07, 6.45) is 1.76. The Morgan fingerprint density at radius 2 is 1.68 bits per heavy atom. The van der Waals surface area contributed by atoms with Crippen LogP contribution in [0.25, 0.3) is 10.8 Å². The highest BCUT2D eigenvalue weighted by Gasteiger charge is 2.36. The number of benzene rings is 3. The fourth-order valence-electron chi connectivity index (χ4n) is 4.11. The Kier molecular flexibility index (Phi) is 8.67. The number of carbonyl (C=O) groups excluding carboxylic acids is 1. The molecule has 196 valence electrons. The highest BCUT2D eigenvalue weighted by Crippen LogP contribution is 2.54. The fraction of sp³-hybridized carbons (Fsp3) is 0.296. The molecule has 0 spiro atoms. The molecule has 0 fully saturated rings. The van der Waals surface area contributed by atoms with Crippen LogP contribution in [0.4, 0.5) is 11.4 Å². The van der Waals surface area contributed by atoms with E-state index in [1.54, 1.807) is 30.3 Å². The molecule has 37 heavy (non-hydrogen) atoms. The van der Waals surface area contributed by atoms with Gasteiger partial charge in [-0.25, -0.2) is 0 Å². The summed E-state index contributed by atoms with van der Waals surface area (Å²) >= 11 is 1.08. The Morgan fingerprint density at radius 3 is 2.22 bits per heavy atom. The zero-order valence-corrected chi connectivity index (χ0v) is 22.4. The average Bonchev–Trinajstić information content (AvgIpc) is 2.93. The van der Waals surface area contributed by atoms with E-state index in [4.69, 9.17) is 18.9 Å². The van der Waals surface area contributed by atoms with Crippen molar-refractivity contribution >= 4 is 39.0 Å². The van der Waals surface area contributed by atoms with E-state index in [1.807, 2.05) is 13.8 Å². The normalized spacial score (nSPS) is 12.0. The molecule has 9 nitrogen and oxygen atoms in total. The number of carbonyl (C=O) groups is 1. The van der Waals surface area contributed by atoms with E-state index in [1.165, 1.54) is 40.6 Å². The Bertz CT molecular complexity index is 1340. The third-order valence-corrected chi connectivity index (χ3v) is 7.72. The molecule has 0 saturated heterocycles. The third-order valence-electron chi connectivity index (χ3n) is 6.18. The Labute approximate surface area is 219 Å². The van der Waals surface area contributed by atoms with Crippen molar-refractivity contribution in [3.63, 3.8) is 0 Å². The Balaban J connectivity index is 2.28. The van der Waals surface area contributed by atoms with E-state index in [9.17, 15) is 14.9 Å². The van der Waals surface area contributed by atoms with Gasteiger partial charge in [-0.15, -0.1) is 11.5 Å². The van der Waals surface area contributed by atoms with Crippen LogP contribution in [0.2, 0.25) is 0 Å². The minimum absolute atomic E-state index is 0.0948. The van der Waals surface area contributed by atoms with Crippen molar-refractivity contribution in [2.45, 2.75) is 19.1 Å². The van der Waals surface area contributed by atoms with Crippen molar-refractivity contribution in [2.75, 3.05) is 33.9 Å². The van der Waals surface area contributed by atoms with Crippen molar-refractivity contribution < 1.29 is 28.9 Å². The number of nitrogens with one attached hydrogen (secondary N) is 1. The first-order valence-electron chi connectivity index (χ1n) is 11.2. The molecule has 0 amide bonds. The van der Waals surface area contributed by atoms with Gasteiger partial charge in [-0.05, 0) is 47.0 Å². The van der Waals surface area contributed by atoms with Crippen molar-refractivity contribution in [1.82, 2.24) is 0 Å². The highest BCUT2D eigenvalue weighted by atomic mass is 32.2. The number of thioether (sulfide) groups is 1. The van der Waals surface area contributed by atoms with Gasteiger partial charge in [0.1, 0.15) is 17.2 Å². The van der Waals surface area contributed by atoms with Gasteiger partial charge >= 0.3 is 0 Å². The fourth-order valence-corrected chi connectivity index (χ4v) is 5.29. The Morgan fingerprint density at radius 1 is 1.00 bits per heavy atom. The van der Waals surface area contributed by atoms with Gasteiger partial charge in [0.25, 0.3) is 0 Å². The second kappa shape index (κ2) is 11.5. The van der Waals surface area contributed by atoms with Gasteiger partial charge in [0.15, 0.2) is 11.5 Å². The number of hydrogen-bond acceptors (Lipinski definition) is 10. The van der Waals surface area contributed by atoms with Gasteiger partial charge in [-0.2, -0.15) is 0 Å². The first-order valence-corrected chi connectivity index (χ1v) is 12.1. The number of allylic oxidation sites excluding steroid dienone is 1. The molecule has 0 saturated carbocycles. The van der Waals surface area contributed by atoms with Crippen LogP contribution in [0.15, 0.2) is 54.2 Å². The van der Waals surface area contributed by atoms with E-state index in [2.05, 4.69) is 17.2 Å². The maximum Gasteiger partial charge on any atom is 0.220 e. The third kappa shape index (κ3) is 5.21. The average molecular weight is 527 g/mol. The molecule has 10 heteroatoms. The van der Waals surface area contributed by atoms with E-state index in [0.29, 0.717) is 50.6 Å². The number of hydrogen-bond donors (Lipinski definition) is 2. The zero-order valence-electron chi connectivity index (χ0n) is 21.6. The molecule has 1 atom stereocenters. The smallest absolute Gasteiger partial charge is 0.220 e. The van der Waals surface area contributed by atoms with Crippen molar-refractivity contribution in [2.24, 2.45) is 10.6 Å². The molecule has 3 aromatic carbocycles. The monoisotopic (exact) mass is 526 g/mol. The minimum Gasteiger partial charge on any atom is -0.496 e. The standard InChI is InChI=1S/C27H30N2O7S/c1-8-27(2,3)25(37-26(30)15-9-12-19(33-4)20(13-15)34-5)16-14-21(35-6)22-17(28-31)10-11-18(29-32)23(22)24(16)36-7/h8-14,25,28,31H,1H2,2-7H3. The summed E-state index contributed by atoms with van der Waals surface area (Å²) in [4.78, 5) is 25.3.